The summed E-state index contributed by atoms with van der Waals surface area (Å²) in [6.45, 7) is 8.67. The number of nitrogens with one attached hydrogen (secondary N) is 1. The number of benzene rings is 1. The van der Waals surface area contributed by atoms with Crippen LogP contribution in [0, 0.1) is 5.82 Å². The van der Waals surface area contributed by atoms with E-state index in [1.807, 2.05) is 40.8 Å². The summed E-state index contributed by atoms with van der Waals surface area (Å²) in [6.07, 6.45) is 0. The van der Waals surface area contributed by atoms with Crippen molar-refractivity contribution in [1.82, 2.24) is 5.32 Å². The normalized spacial score (nSPS) is 13.4. The predicted molar refractivity (Wildman–Crippen MR) is 75.1 cm³/mol. The van der Waals surface area contributed by atoms with Crippen molar-refractivity contribution in [2.45, 2.75) is 39.3 Å². The largest absolute Gasteiger partial charge is 0.488 e. The zero-order valence-corrected chi connectivity index (χ0v) is 12.4. The minimum Gasteiger partial charge on any atom is -0.488 e. The Morgan fingerprint density at radius 1 is 1.26 bits per heavy atom. The molecule has 0 aliphatic carbocycles. The van der Waals surface area contributed by atoms with Crippen molar-refractivity contribution in [3.63, 3.8) is 0 Å². The molecule has 1 unspecified atom stereocenters. The van der Waals surface area contributed by atoms with Crippen LogP contribution in [-0.4, -0.2) is 25.9 Å². The molecule has 0 saturated carbocycles. The zero-order chi connectivity index (χ0) is 14.5. The van der Waals surface area contributed by atoms with E-state index < -0.39 is 0 Å². The van der Waals surface area contributed by atoms with Crippen molar-refractivity contribution in [3.8, 4) is 5.75 Å². The van der Waals surface area contributed by atoms with Gasteiger partial charge in [-0.25, -0.2) is 4.39 Å². The fourth-order valence-corrected chi connectivity index (χ4v) is 1.67. The first-order valence-electron chi connectivity index (χ1n) is 6.57. The molecule has 3 nitrogen and oxygen atoms in total. The van der Waals surface area contributed by atoms with Gasteiger partial charge in [-0.3, -0.25) is 0 Å². The Hall–Kier alpha value is -1.13. The average molecular weight is 269 g/mol. The van der Waals surface area contributed by atoms with E-state index in [0.717, 1.165) is 5.56 Å². The van der Waals surface area contributed by atoms with Crippen molar-refractivity contribution in [2.24, 2.45) is 0 Å². The Kier molecular flexibility index (Phi) is 5.76. The van der Waals surface area contributed by atoms with Crippen LogP contribution < -0.4 is 10.1 Å². The third kappa shape index (κ3) is 5.17. The number of halogens is 1. The molecule has 108 valence electrons. The second-order valence-corrected chi connectivity index (χ2v) is 5.48. The molecule has 4 heteroatoms. The lowest BCUT2D eigenvalue weighted by Crippen LogP contribution is -2.23. The Labute approximate surface area is 115 Å². The molecule has 0 spiro atoms. The van der Waals surface area contributed by atoms with E-state index in [4.69, 9.17) is 9.47 Å². The van der Waals surface area contributed by atoms with Gasteiger partial charge in [0.1, 0.15) is 6.61 Å². The van der Waals surface area contributed by atoms with Crippen LogP contribution in [0.1, 0.15) is 39.3 Å². The highest BCUT2D eigenvalue weighted by molar-refractivity contribution is 5.37. The van der Waals surface area contributed by atoms with Crippen molar-refractivity contribution in [1.29, 1.82) is 0 Å². The lowest BCUT2D eigenvalue weighted by Gasteiger charge is -2.21. The average Bonchev–Trinajstić information content (AvgIpc) is 2.33. The van der Waals surface area contributed by atoms with Crippen LogP contribution in [0.15, 0.2) is 18.2 Å². The Morgan fingerprint density at radius 2 is 1.95 bits per heavy atom. The maximum absolute atomic E-state index is 13.8. The zero-order valence-electron chi connectivity index (χ0n) is 12.4. The second kappa shape index (κ2) is 6.87. The minimum absolute atomic E-state index is 0.0363. The van der Waals surface area contributed by atoms with Crippen LogP contribution in [0.3, 0.4) is 0 Å². The van der Waals surface area contributed by atoms with E-state index in [1.54, 1.807) is 6.07 Å². The lowest BCUT2D eigenvalue weighted by molar-refractivity contribution is -0.0168. The fraction of sp³-hybridized carbons (Fsp3) is 0.600. The topological polar surface area (TPSA) is 30.5 Å². The molecule has 1 aromatic rings. The Balaban J connectivity index is 2.66. The summed E-state index contributed by atoms with van der Waals surface area (Å²) < 4.78 is 24.9. The molecule has 1 N–H and O–H groups in total. The molecule has 1 aromatic carbocycles. The highest BCUT2D eigenvalue weighted by Gasteiger charge is 2.15. The van der Waals surface area contributed by atoms with Gasteiger partial charge in [-0.2, -0.15) is 0 Å². The maximum atomic E-state index is 13.8. The van der Waals surface area contributed by atoms with Crippen molar-refractivity contribution in [3.05, 3.63) is 29.6 Å². The lowest BCUT2D eigenvalue weighted by atomic mass is 10.1. The van der Waals surface area contributed by atoms with Gasteiger partial charge in [0.25, 0.3) is 0 Å². The van der Waals surface area contributed by atoms with Crippen LogP contribution in [0.5, 0.6) is 5.75 Å². The smallest absolute Gasteiger partial charge is 0.165 e. The highest BCUT2D eigenvalue weighted by Crippen LogP contribution is 2.27. The first-order chi connectivity index (χ1) is 8.85. The number of ether oxygens (including phenoxy) is 2. The maximum Gasteiger partial charge on any atom is 0.165 e. The Bertz CT molecular complexity index is 402. The van der Waals surface area contributed by atoms with Gasteiger partial charge in [-0.1, -0.05) is 12.1 Å². The molecule has 19 heavy (non-hydrogen) atoms. The van der Waals surface area contributed by atoms with E-state index in [9.17, 15) is 4.39 Å². The van der Waals surface area contributed by atoms with Gasteiger partial charge in [0.15, 0.2) is 11.6 Å². The summed E-state index contributed by atoms with van der Waals surface area (Å²) in [4.78, 5) is 0. The van der Waals surface area contributed by atoms with Crippen molar-refractivity contribution in [2.75, 3.05) is 20.3 Å². The SMILES string of the molecule is CNC(C)c1cccc(F)c1OCCOC(C)(C)C. The van der Waals surface area contributed by atoms with Crippen molar-refractivity contribution < 1.29 is 13.9 Å². The molecule has 0 aliphatic heterocycles. The molecule has 0 aliphatic rings. The molecule has 0 fully saturated rings. The molecule has 1 rings (SSSR count). The molecule has 0 radical (unpaired) electrons. The summed E-state index contributed by atoms with van der Waals surface area (Å²) in [5.41, 5.74) is 0.609. The monoisotopic (exact) mass is 269 g/mol. The number of hydrogen-bond acceptors (Lipinski definition) is 3. The van der Waals surface area contributed by atoms with Crippen LogP contribution >= 0.6 is 0 Å². The predicted octanol–water partition coefficient (Wildman–Crippen LogP) is 3.30. The molecular formula is C15H24FNO2. The van der Waals surface area contributed by atoms with Gasteiger partial charge in [-0.05, 0) is 40.8 Å². The standard InChI is InChI=1S/C15H24FNO2/c1-11(17-5)12-7-6-8-13(16)14(12)18-9-10-19-15(2,3)4/h6-8,11,17H,9-10H2,1-5H3. The van der Waals surface area contributed by atoms with E-state index in [1.165, 1.54) is 6.07 Å². The van der Waals surface area contributed by atoms with Gasteiger partial charge in [-0.15, -0.1) is 0 Å². The summed E-state index contributed by atoms with van der Waals surface area (Å²) in [5.74, 6) is -0.0304. The molecule has 0 heterocycles. The van der Waals surface area contributed by atoms with E-state index >= 15 is 0 Å². The molecule has 0 bridgehead atoms. The van der Waals surface area contributed by atoms with Gasteiger partial charge in [0, 0.05) is 11.6 Å². The van der Waals surface area contributed by atoms with Gasteiger partial charge in [0.05, 0.1) is 12.2 Å². The Morgan fingerprint density at radius 3 is 2.53 bits per heavy atom. The number of rotatable bonds is 6. The molecule has 0 saturated heterocycles. The minimum atomic E-state index is -0.338. The molecule has 0 amide bonds. The quantitative estimate of drug-likeness (QED) is 0.804. The molecular weight excluding hydrogens is 245 g/mol. The summed E-state index contributed by atoms with van der Waals surface area (Å²) in [6, 6.07) is 5.00. The summed E-state index contributed by atoms with van der Waals surface area (Å²) >= 11 is 0. The third-order valence-corrected chi connectivity index (χ3v) is 2.76. The summed E-state index contributed by atoms with van der Waals surface area (Å²) in [7, 11) is 1.84. The second-order valence-electron chi connectivity index (χ2n) is 5.48. The third-order valence-electron chi connectivity index (χ3n) is 2.76. The first-order valence-corrected chi connectivity index (χ1v) is 6.57. The fourth-order valence-electron chi connectivity index (χ4n) is 1.67. The van der Waals surface area contributed by atoms with Gasteiger partial charge in [0.2, 0.25) is 0 Å². The van der Waals surface area contributed by atoms with Crippen LogP contribution in [0.4, 0.5) is 4.39 Å². The van der Waals surface area contributed by atoms with E-state index in [2.05, 4.69) is 5.32 Å². The number of hydrogen-bond donors (Lipinski definition) is 1. The van der Waals surface area contributed by atoms with Crippen LogP contribution in [-0.2, 0) is 4.74 Å². The molecule has 0 aromatic heterocycles. The van der Waals surface area contributed by atoms with Crippen LogP contribution in [0.2, 0.25) is 0 Å². The highest BCUT2D eigenvalue weighted by atomic mass is 19.1. The van der Waals surface area contributed by atoms with Gasteiger partial charge >= 0.3 is 0 Å². The van der Waals surface area contributed by atoms with Gasteiger partial charge < -0.3 is 14.8 Å². The number of para-hydroxylation sites is 1. The van der Waals surface area contributed by atoms with Crippen molar-refractivity contribution >= 4 is 0 Å². The van der Waals surface area contributed by atoms with E-state index in [-0.39, 0.29) is 17.5 Å². The van der Waals surface area contributed by atoms with E-state index in [0.29, 0.717) is 19.0 Å². The molecule has 1 atom stereocenters. The van der Waals surface area contributed by atoms with Crippen LogP contribution in [0.25, 0.3) is 0 Å². The first kappa shape index (κ1) is 15.9. The summed E-state index contributed by atoms with van der Waals surface area (Å²) in [5, 5.41) is 3.09.